The van der Waals surface area contributed by atoms with E-state index >= 15 is 0 Å². The third-order valence-corrected chi connectivity index (χ3v) is 2.91. The smallest absolute Gasteiger partial charge is 0.229 e. The van der Waals surface area contributed by atoms with Crippen molar-refractivity contribution in [1.82, 2.24) is 0 Å². The molecule has 110 valence electrons. The molecule has 0 saturated heterocycles. The molecule has 4 nitrogen and oxygen atoms in total. The molecule has 1 rings (SSSR count). The van der Waals surface area contributed by atoms with Crippen LogP contribution < -0.4 is 10.6 Å². The molecule has 1 aromatic carbocycles. The van der Waals surface area contributed by atoms with E-state index in [0.717, 1.165) is 0 Å². The number of carbonyl (C=O) groups is 2. The van der Waals surface area contributed by atoms with Gasteiger partial charge in [-0.15, -0.1) is 11.6 Å². The molecule has 0 aliphatic carbocycles. The topological polar surface area (TPSA) is 58.2 Å². The second-order valence-corrected chi connectivity index (χ2v) is 6.00. The van der Waals surface area contributed by atoms with Gasteiger partial charge in [-0.2, -0.15) is 0 Å². The number of carbonyl (C=O) groups excluding carboxylic acids is 2. The molecule has 0 spiro atoms. The number of hydrogen-bond acceptors (Lipinski definition) is 2. The summed E-state index contributed by atoms with van der Waals surface area (Å²) in [5.41, 5.74) is 0.982. The second kappa shape index (κ2) is 7.29. The first-order chi connectivity index (χ1) is 9.32. The molecule has 0 radical (unpaired) electrons. The summed E-state index contributed by atoms with van der Waals surface area (Å²) in [4.78, 5) is 23.3. The minimum absolute atomic E-state index is 0.0450. The zero-order valence-electron chi connectivity index (χ0n) is 12.1. The number of nitrogens with one attached hydrogen (secondary N) is 2. The minimum Gasteiger partial charge on any atom is -0.326 e. The Morgan fingerprint density at radius 3 is 2.00 bits per heavy atom. The number of rotatable bonds is 5. The fourth-order valence-corrected chi connectivity index (χ4v) is 1.54. The molecule has 0 fully saturated rings. The van der Waals surface area contributed by atoms with Crippen LogP contribution in [0.3, 0.4) is 0 Å². The first-order valence-corrected chi connectivity index (χ1v) is 7.13. The molecule has 5 heteroatoms. The number of hydrogen-bond donors (Lipinski definition) is 2. The van der Waals surface area contributed by atoms with Crippen molar-refractivity contribution in [1.29, 1.82) is 0 Å². The molecular weight excluding hydrogens is 276 g/mol. The maximum Gasteiger partial charge on any atom is 0.229 e. The van der Waals surface area contributed by atoms with Crippen LogP contribution in [0.5, 0.6) is 0 Å². The lowest BCUT2D eigenvalue weighted by atomic mass is 9.95. The van der Waals surface area contributed by atoms with Gasteiger partial charge in [0.15, 0.2) is 0 Å². The number of alkyl halides is 1. The van der Waals surface area contributed by atoms with E-state index in [2.05, 4.69) is 10.6 Å². The van der Waals surface area contributed by atoms with Crippen LogP contribution >= 0.6 is 11.6 Å². The highest BCUT2D eigenvalue weighted by Crippen LogP contribution is 2.19. The number of halogens is 1. The highest BCUT2D eigenvalue weighted by atomic mass is 35.5. The Hall–Kier alpha value is -1.55. The predicted molar refractivity (Wildman–Crippen MR) is 83.1 cm³/mol. The molecule has 0 saturated carbocycles. The van der Waals surface area contributed by atoms with Gasteiger partial charge in [0.2, 0.25) is 11.8 Å². The summed E-state index contributed by atoms with van der Waals surface area (Å²) in [5, 5.41) is 5.60. The lowest BCUT2D eigenvalue weighted by molar-refractivity contribution is -0.123. The Labute approximate surface area is 124 Å². The molecule has 20 heavy (non-hydrogen) atoms. The highest BCUT2D eigenvalue weighted by molar-refractivity contribution is 6.18. The Kier molecular flexibility index (Phi) is 6.02. The molecule has 0 atom stereocenters. The predicted octanol–water partition coefficient (Wildman–Crippen LogP) is 3.63. The minimum atomic E-state index is -0.436. The average Bonchev–Trinajstić information content (AvgIpc) is 2.37. The van der Waals surface area contributed by atoms with E-state index in [1.165, 1.54) is 0 Å². The van der Waals surface area contributed by atoms with Crippen molar-refractivity contribution < 1.29 is 9.59 Å². The average molecular weight is 297 g/mol. The fourth-order valence-electron chi connectivity index (χ4n) is 1.41. The standard InChI is InChI=1S/C15H21ClN2O2/c1-15(2,3)14(20)18-12-8-6-11(7-9-12)17-13(19)5-4-10-16/h6-9H,4-5,10H2,1-3H3,(H,17,19)(H,18,20). The Balaban J connectivity index is 2.56. The third-order valence-electron chi connectivity index (χ3n) is 2.65. The molecule has 0 unspecified atom stereocenters. The fraction of sp³-hybridized carbons (Fsp3) is 0.467. The molecule has 1 aromatic rings. The van der Waals surface area contributed by atoms with Crippen LogP contribution in [0.25, 0.3) is 0 Å². The van der Waals surface area contributed by atoms with Gasteiger partial charge in [-0.3, -0.25) is 9.59 Å². The van der Waals surface area contributed by atoms with Crippen LogP contribution in [0.1, 0.15) is 33.6 Å². The maximum atomic E-state index is 11.8. The van der Waals surface area contributed by atoms with Crippen molar-refractivity contribution in [3.63, 3.8) is 0 Å². The summed E-state index contributed by atoms with van der Waals surface area (Å²) in [7, 11) is 0. The van der Waals surface area contributed by atoms with Gasteiger partial charge in [-0.05, 0) is 30.7 Å². The summed E-state index contributed by atoms with van der Waals surface area (Å²) in [6, 6.07) is 7.05. The van der Waals surface area contributed by atoms with Gasteiger partial charge >= 0.3 is 0 Å². The number of amides is 2. The lowest BCUT2D eigenvalue weighted by Crippen LogP contribution is -2.27. The van der Waals surface area contributed by atoms with Gasteiger partial charge in [0.1, 0.15) is 0 Å². The molecule has 0 aromatic heterocycles. The van der Waals surface area contributed by atoms with Gasteiger partial charge in [0.25, 0.3) is 0 Å². The van der Waals surface area contributed by atoms with E-state index in [1.54, 1.807) is 24.3 Å². The molecule has 0 aliphatic heterocycles. The van der Waals surface area contributed by atoms with Crippen LogP contribution in [0.4, 0.5) is 11.4 Å². The van der Waals surface area contributed by atoms with Gasteiger partial charge < -0.3 is 10.6 Å². The summed E-state index contributed by atoms with van der Waals surface area (Å²) >= 11 is 5.53. The Bertz CT molecular complexity index is 464. The summed E-state index contributed by atoms with van der Waals surface area (Å²) in [5.74, 6) is 0.374. The Morgan fingerprint density at radius 1 is 1.05 bits per heavy atom. The first-order valence-electron chi connectivity index (χ1n) is 6.60. The van der Waals surface area contributed by atoms with E-state index in [9.17, 15) is 9.59 Å². The lowest BCUT2D eigenvalue weighted by Gasteiger charge is -2.17. The molecule has 2 N–H and O–H groups in total. The third kappa shape index (κ3) is 5.61. The Morgan fingerprint density at radius 2 is 1.55 bits per heavy atom. The van der Waals surface area contributed by atoms with Crippen molar-refractivity contribution in [2.45, 2.75) is 33.6 Å². The number of benzene rings is 1. The van der Waals surface area contributed by atoms with E-state index in [0.29, 0.717) is 30.1 Å². The quantitative estimate of drug-likeness (QED) is 0.815. The van der Waals surface area contributed by atoms with Gasteiger partial charge in [-0.1, -0.05) is 20.8 Å². The van der Waals surface area contributed by atoms with E-state index in [4.69, 9.17) is 11.6 Å². The van der Waals surface area contributed by atoms with E-state index < -0.39 is 5.41 Å². The molecule has 0 bridgehead atoms. The van der Waals surface area contributed by atoms with Crippen molar-refractivity contribution in [2.75, 3.05) is 16.5 Å². The second-order valence-electron chi connectivity index (χ2n) is 5.62. The van der Waals surface area contributed by atoms with Crippen molar-refractivity contribution in [3.05, 3.63) is 24.3 Å². The number of anilines is 2. The van der Waals surface area contributed by atoms with E-state index in [-0.39, 0.29) is 11.8 Å². The van der Waals surface area contributed by atoms with Crippen LogP contribution in [-0.2, 0) is 9.59 Å². The van der Waals surface area contributed by atoms with Crippen LogP contribution in [0.2, 0.25) is 0 Å². The van der Waals surface area contributed by atoms with Crippen molar-refractivity contribution >= 4 is 34.8 Å². The van der Waals surface area contributed by atoms with Crippen LogP contribution in [0, 0.1) is 5.41 Å². The summed E-state index contributed by atoms with van der Waals surface area (Å²) in [6.45, 7) is 5.56. The summed E-state index contributed by atoms with van der Waals surface area (Å²) in [6.07, 6.45) is 1.07. The SMILES string of the molecule is CC(C)(C)C(=O)Nc1ccc(NC(=O)CCCCl)cc1. The maximum absolute atomic E-state index is 11.8. The van der Waals surface area contributed by atoms with Crippen molar-refractivity contribution in [2.24, 2.45) is 5.41 Å². The van der Waals surface area contributed by atoms with Gasteiger partial charge in [0, 0.05) is 29.1 Å². The van der Waals surface area contributed by atoms with Gasteiger partial charge in [0.05, 0.1) is 0 Å². The van der Waals surface area contributed by atoms with Crippen LogP contribution in [0.15, 0.2) is 24.3 Å². The highest BCUT2D eigenvalue weighted by Gasteiger charge is 2.20. The molecule has 2 amide bonds. The monoisotopic (exact) mass is 296 g/mol. The van der Waals surface area contributed by atoms with Crippen molar-refractivity contribution in [3.8, 4) is 0 Å². The summed E-state index contributed by atoms with van der Waals surface area (Å²) < 4.78 is 0. The molecular formula is C15H21ClN2O2. The first kappa shape index (κ1) is 16.5. The van der Waals surface area contributed by atoms with Crippen LogP contribution in [-0.4, -0.2) is 17.7 Å². The van der Waals surface area contributed by atoms with E-state index in [1.807, 2.05) is 20.8 Å². The zero-order chi connectivity index (χ0) is 15.2. The largest absolute Gasteiger partial charge is 0.326 e. The van der Waals surface area contributed by atoms with Gasteiger partial charge in [-0.25, -0.2) is 0 Å². The molecule has 0 aliphatic rings. The molecule has 0 heterocycles. The zero-order valence-corrected chi connectivity index (χ0v) is 12.9. The normalized spacial score (nSPS) is 11.0.